The van der Waals surface area contributed by atoms with Gasteiger partial charge in [0.1, 0.15) is 12.2 Å². The molecular formula is C28H35ClO4. The molecule has 3 fully saturated rings. The molecular weight excluding hydrogens is 436 g/mol. The van der Waals surface area contributed by atoms with Gasteiger partial charge in [0.05, 0.1) is 18.8 Å². The molecule has 4 nitrogen and oxygen atoms in total. The summed E-state index contributed by atoms with van der Waals surface area (Å²) in [6.45, 7) is -0.330. The summed E-state index contributed by atoms with van der Waals surface area (Å²) in [7, 11) is 0. The third-order valence-electron chi connectivity index (χ3n) is 8.50. The highest BCUT2D eigenvalue weighted by atomic mass is 35.5. The molecule has 5 heteroatoms. The fourth-order valence-electron chi connectivity index (χ4n) is 6.12. The quantitative estimate of drug-likeness (QED) is 0.554. The van der Waals surface area contributed by atoms with Gasteiger partial charge in [0.15, 0.2) is 0 Å². The minimum Gasteiger partial charge on any atom is -0.394 e. The number of aliphatic hydroxyl groups is 3. The second-order valence-electron chi connectivity index (χ2n) is 10.5. The summed E-state index contributed by atoms with van der Waals surface area (Å²) in [5.41, 5.74) is 5.30. The molecule has 0 radical (unpaired) electrons. The first-order valence-electron chi connectivity index (χ1n) is 12.5. The van der Waals surface area contributed by atoms with E-state index in [1.165, 1.54) is 56.1 Å². The molecule has 2 aromatic rings. The Hall–Kier alpha value is -1.43. The fourth-order valence-corrected chi connectivity index (χ4v) is 6.30. The summed E-state index contributed by atoms with van der Waals surface area (Å²) < 4.78 is 5.86. The molecule has 2 saturated carbocycles. The topological polar surface area (TPSA) is 69.9 Å². The van der Waals surface area contributed by atoms with Gasteiger partial charge in [-0.25, -0.2) is 0 Å². The minimum atomic E-state index is -1.07. The Morgan fingerprint density at radius 3 is 2.27 bits per heavy atom. The second kappa shape index (κ2) is 9.67. The fraction of sp³-hybridized carbons (Fsp3) is 0.571. The van der Waals surface area contributed by atoms with Crippen molar-refractivity contribution in [3.05, 3.63) is 69.7 Å². The van der Waals surface area contributed by atoms with Crippen molar-refractivity contribution in [3.8, 4) is 0 Å². The number of hydrogen-bond donors (Lipinski definition) is 3. The van der Waals surface area contributed by atoms with Crippen LogP contribution in [0.1, 0.15) is 85.6 Å². The third-order valence-corrected chi connectivity index (χ3v) is 8.87. The molecule has 0 aromatic heterocycles. The van der Waals surface area contributed by atoms with Gasteiger partial charge >= 0.3 is 0 Å². The number of aliphatic hydroxyl groups excluding tert-OH is 3. The highest BCUT2D eigenvalue weighted by Crippen LogP contribution is 2.54. The highest BCUT2D eigenvalue weighted by molar-refractivity contribution is 6.31. The molecule has 0 amide bonds. The van der Waals surface area contributed by atoms with Crippen LogP contribution in [0.2, 0.25) is 5.02 Å². The number of rotatable bonds is 5. The average Bonchev–Trinajstić information content (AvgIpc) is 2.82. The van der Waals surface area contributed by atoms with E-state index in [9.17, 15) is 15.3 Å². The number of hydrogen-bond acceptors (Lipinski definition) is 4. The van der Waals surface area contributed by atoms with Gasteiger partial charge in [0, 0.05) is 11.4 Å². The van der Waals surface area contributed by atoms with Crippen LogP contribution in [0.3, 0.4) is 0 Å². The first-order chi connectivity index (χ1) is 16.0. The lowest BCUT2D eigenvalue weighted by Crippen LogP contribution is -2.47. The molecule has 1 unspecified atom stereocenters. The average molecular weight is 471 g/mol. The maximum absolute atomic E-state index is 10.2. The first-order valence-corrected chi connectivity index (χ1v) is 12.8. The van der Waals surface area contributed by atoms with Crippen LogP contribution in [0.15, 0.2) is 42.5 Å². The van der Waals surface area contributed by atoms with Crippen LogP contribution < -0.4 is 0 Å². The van der Waals surface area contributed by atoms with Gasteiger partial charge in [-0.15, -0.1) is 0 Å². The molecule has 1 heterocycles. The van der Waals surface area contributed by atoms with E-state index < -0.39 is 18.3 Å². The second-order valence-corrected chi connectivity index (χ2v) is 10.9. The normalized spacial score (nSPS) is 29.7. The van der Waals surface area contributed by atoms with Crippen LogP contribution in [0, 0.1) is 5.41 Å². The van der Waals surface area contributed by atoms with Crippen molar-refractivity contribution >= 4 is 11.6 Å². The lowest BCUT2D eigenvalue weighted by Gasteiger charge is -2.47. The Morgan fingerprint density at radius 2 is 1.64 bits per heavy atom. The Labute approximate surface area is 201 Å². The molecule has 3 N–H and O–H groups in total. The van der Waals surface area contributed by atoms with Crippen LogP contribution in [0.5, 0.6) is 0 Å². The van der Waals surface area contributed by atoms with Crippen LogP contribution >= 0.6 is 11.6 Å². The van der Waals surface area contributed by atoms with Gasteiger partial charge in [-0.1, -0.05) is 54.4 Å². The predicted octanol–water partition coefficient (Wildman–Crippen LogP) is 5.30. The molecule has 178 valence electrons. The molecule has 2 aromatic carbocycles. The van der Waals surface area contributed by atoms with Crippen molar-refractivity contribution < 1.29 is 20.1 Å². The van der Waals surface area contributed by atoms with E-state index in [1.807, 2.05) is 18.2 Å². The molecule has 1 saturated heterocycles. The molecule has 4 atom stereocenters. The smallest absolute Gasteiger partial charge is 0.110 e. The van der Waals surface area contributed by atoms with E-state index in [2.05, 4.69) is 24.3 Å². The summed E-state index contributed by atoms with van der Waals surface area (Å²) in [6.07, 6.45) is 7.61. The van der Waals surface area contributed by atoms with Crippen LogP contribution in [-0.2, 0) is 11.2 Å². The minimum absolute atomic E-state index is 0.288. The Balaban J connectivity index is 1.25. The maximum atomic E-state index is 10.2. The lowest BCUT2D eigenvalue weighted by molar-refractivity contribution is -0.181. The van der Waals surface area contributed by atoms with Gasteiger partial charge in [-0.3, -0.25) is 0 Å². The molecule has 1 aliphatic heterocycles. The zero-order valence-corrected chi connectivity index (χ0v) is 19.9. The van der Waals surface area contributed by atoms with E-state index in [0.717, 1.165) is 17.5 Å². The third kappa shape index (κ3) is 4.87. The van der Waals surface area contributed by atoms with Crippen molar-refractivity contribution in [2.75, 3.05) is 6.61 Å². The Bertz CT molecular complexity index is 945. The molecule has 2 aliphatic carbocycles. The van der Waals surface area contributed by atoms with Crippen molar-refractivity contribution in [2.45, 2.75) is 88.1 Å². The maximum Gasteiger partial charge on any atom is 0.110 e. The summed E-state index contributed by atoms with van der Waals surface area (Å²) in [5, 5.41) is 30.4. The van der Waals surface area contributed by atoms with Crippen LogP contribution in [0.4, 0.5) is 0 Å². The van der Waals surface area contributed by atoms with Crippen molar-refractivity contribution in [1.82, 2.24) is 0 Å². The predicted molar refractivity (Wildman–Crippen MR) is 130 cm³/mol. The van der Waals surface area contributed by atoms with Gasteiger partial charge in [0.2, 0.25) is 0 Å². The number of halogens is 1. The van der Waals surface area contributed by atoms with Crippen molar-refractivity contribution in [1.29, 1.82) is 0 Å². The molecule has 5 rings (SSSR count). The van der Waals surface area contributed by atoms with Crippen molar-refractivity contribution in [3.63, 3.8) is 0 Å². The summed E-state index contributed by atoms with van der Waals surface area (Å²) in [4.78, 5) is 0. The lowest BCUT2D eigenvalue weighted by atomic mass is 9.58. The Morgan fingerprint density at radius 1 is 0.939 bits per heavy atom. The van der Waals surface area contributed by atoms with E-state index in [1.54, 1.807) is 0 Å². The Kier molecular flexibility index (Phi) is 6.83. The SMILES string of the molecule is OC[C@H]1OC(c2ccc(Cl)c(Cc3ccc(C4CCC5(CCC5)CC4)cc3)c2)C[C@@H](O)[C@@H]1O. The molecule has 3 aliphatic rings. The summed E-state index contributed by atoms with van der Waals surface area (Å²) in [5.74, 6) is 0.696. The van der Waals surface area contributed by atoms with Crippen LogP contribution in [0.25, 0.3) is 0 Å². The number of benzene rings is 2. The van der Waals surface area contributed by atoms with E-state index in [0.29, 0.717) is 16.4 Å². The van der Waals surface area contributed by atoms with Crippen LogP contribution in [-0.4, -0.2) is 40.2 Å². The van der Waals surface area contributed by atoms with E-state index in [4.69, 9.17) is 16.3 Å². The zero-order valence-electron chi connectivity index (χ0n) is 19.1. The summed E-state index contributed by atoms with van der Waals surface area (Å²) >= 11 is 6.52. The molecule has 1 spiro atoms. The summed E-state index contributed by atoms with van der Waals surface area (Å²) in [6, 6.07) is 14.8. The highest BCUT2D eigenvalue weighted by Gasteiger charge is 2.40. The van der Waals surface area contributed by atoms with Gasteiger partial charge in [-0.2, -0.15) is 0 Å². The van der Waals surface area contributed by atoms with Gasteiger partial charge < -0.3 is 20.1 Å². The zero-order chi connectivity index (χ0) is 23.0. The van der Waals surface area contributed by atoms with Gasteiger partial charge in [-0.05, 0) is 84.6 Å². The number of ether oxygens (including phenoxy) is 1. The standard InChI is InChI=1S/C28H35ClO4/c29-23-7-6-21(25-16-24(31)27(32)26(17-30)33-25)15-22(23)14-18-2-4-19(5-3-18)20-8-12-28(13-9-20)10-1-11-28/h2-7,15,20,24-27,30-32H,1,8-14,16-17H2/t24-,25?,26-,27+/m1/s1. The monoisotopic (exact) mass is 470 g/mol. The van der Waals surface area contributed by atoms with E-state index in [-0.39, 0.29) is 19.1 Å². The van der Waals surface area contributed by atoms with Crippen molar-refractivity contribution in [2.24, 2.45) is 5.41 Å². The van der Waals surface area contributed by atoms with Gasteiger partial charge in [0.25, 0.3) is 0 Å². The molecule has 0 bridgehead atoms. The first kappa shape index (κ1) is 23.3. The van der Waals surface area contributed by atoms with E-state index >= 15 is 0 Å². The largest absolute Gasteiger partial charge is 0.394 e. The molecule has 33 heavy (non-hydrogen) atoms.